The monoisotopic (exact) mass is 282 g/mol. The number of nitrogens with zero attached hydrogens (tertiary/aromatic N) is 1. The maximum absolute atomic E-state index is 12.5. The topological polar surface area (TPSA) is 75.8 Å². The Morgan fingerprint density at radius 1 is 1.30 bits per heavy atom. The van der Waals surface area contributed by atoms with Gasteiger partial charge in [-0.1, -0.05) is 12.8 Å². The lowest BCUT2D eigenvalue weighted by Crippen LogP contribution is -2.56. The summed E-state index contributed by atoms with van der Waals surface area (Å²) < 4.78 is 5.71. The fourth-order valence-corrected chi connectivity index (χ4v) is 4.04. The molecule has 1 aliphatic carbocycles. The van der Waals surface area contributed by atoms with E-state index in [4.69, 9.17) is 10.5 Å². The third kappa shape index (κ3) is 2.59. The molecule has 0 spiro atoms. The molecule has 3 fully saturated rings. The van der Waals surface area contributed by atoms with Crippen LogP contribution in [0.4, 0.5) is 0 Å². The maximum Gasteiger partial charge on any atom is 0.251 e. The van der Waals surface area contributed by atoms with Gasteiger partial charge in [0.05, 0.1) is 11.7 Å². The number of ether oxygens (including phenoxy) is 1. The second-order valence-corrected chi connectivity index (χ2v) is 6.64. The van der Waals surface area contributed by atoms with E-state index < -0.39 is 5.60 Å². The van der Waals surface area contributed by atoms with Gasteiger partial charge in [0.25, 0.3) is 5.91 Å². The van der Waals surface area contributed by atoms with Gasteiger partial charge in [-0.2, -0.15) is 0 Å². The predicted octanol–water partition coefficient (Wildman–Crippen LogP) is 0.646. The molecule has 4 atom stereocenters. The average Bonchev–Trinajstić information content (AvgIpc) is 2.94. The standard InChI is InChI=1S/C15H26N2O3/c16-9-12-4-5-13(20-12)14(18)17-8-7-15(19)6-2-1-3-11(15)10-17/h11-13,19H,1-10,16H2. The quantitative estimate of drug-likeness (QED) is 0.779. The van der Waals surface area contributed by atoms with Crippen molar-refractivity contribution in [3.63, 3.8) is 0 Å². The molecular weight excluding hydrogens is 256 g/mol. The molecule has 0 aromatic rings. The van der Waals surface area contributed by atoms with E-state index in [2.05, 4.69) is 0 Å². The Bertz CT molecular complexity index is 376. The largest absolute Gasteiger partial charge is 0.389 e. The smallest absolute Gasteiger partial charge is 0.251 e. The highest BCUT2D eigenvalue weighted by Crippen LogP contribution is 2.40. The van der Waals surface area contributed by atoms with Crippen LogP contribution in [0.15, 0.2) is 0 Å². The van der Waals surface area contributed by atoms with E-state index in [1.54, 1.807) is 0 Å². The van der Waals surface area contributed by atoms with Gasteiger partial charge >= 0.3 is 0 Å². The highest BCUT2D eigenvalue weighted by molar-refractivity contribution is 5.81. The minimum absolute atomic E-state index is 0.0420. The Balaban J connectivity index is 1.60. The molecular formula is C15H26N2O3. The van der Waals surface area contributed by atoms with Crippen molar-refractivity contribution < 1.29 is 14.6 Å². The SMILES string of the molecule is NCC1CCC(C(=O)N2CCC3(O)CCCCC3C2)O1. The summed E-state index contributed by atoms with van der Waals surface area (Å²) in [4.78, 5) is 14.4. The van der Waals surface area contributed by atoms with E-state index >= 15 is 0 Å². The number of aliphatic hydroxyl groups is 1. The lowest BCUT2D eigenvalue weighted by molar-refractivity contribution is -0.153. The van der Waals surface area contributed by atoms with Crippen LogP contribution >= 0.6 is 0 Å². The fourth-order valence-electron chi connectivity index (χ4n) is 4.04. The lowest BCUT2D eigenvalue weighted by Gasteiger charge is -2.47. The first-order chi connectivity index (χ1) is 9.62. The van der Waals surface area contributed by atoms with E-state index in [0.717, 1.165) is 38.5 Å². The van der Waals surface area contributed by atoms with Crippen molar-refractivity contribution in [2.45, 2.75) is 62.8 Å². The van der Waals surface area contributed by atoms with Crippen molar-refractivity contribution >= 4 is 5.91 Å². The molecule has 0 aromatic heterocycles. The van der Waals surface area contributed by atoms with Crippen LogP contribution in [-0.2, 0) is 9.53 Å². The van der Waals surface area contributed by atoms with Gasteiger partial charge in [-0.25, -0.2) is 0 Å². The van der Waals surface area contributed by atoms with Crippen LogP contribution in [0.1, 0.15) is 44.9 Å². The van der Waals surface area contributed by atoms with Crippen LogP contribution in [0.2, 0.25) is 0 Å². The van der Waals surface area contributed by atoms with Gasteiger partial charge in [0, 0.05) is 25.6 Å². The Morgan fingerprint density at radius 2 is 2.15 bits per heavy atom. The van der Waals surface area contributed by atoms with Gasteiger partial charge in [0.15, 0.2) is 0 Å². The molecule has 0 aromatic carbocycles. The summed E-state index contributed by atoms with van der Waals surface area (Å²) in [6.07, 6.45) is 6.34. The Morgan fingerprint density at radius 3 is 2.90 bits per heavy atom. The van der Waals surface area contributed by atoms with E-state index in [0.29, 0.717) is 19.6 Å². The van der Waals surface area contributed by atoms with Crippen molar-refractivity contribution in [3.8, 4) is 0 Å². The minimum Gasteiger partial charge on any atom is -0.389 e. The van der Waals surface area contributed by atoms with Gasteiger partial charge in [-0.05, 0) is 32.1 Å². The molecule has 3 N–H and O–H groups in total. The van der Waals surface area contributed by atoms with Gasteiger partial charge < -0.3 is 20.5 Å². The molecule has 3 aliphatic rings. The van der Waals surface area contributed by atoms with Crippen LogP contribution in [-0.4, -0.2) is 53.4 Å². The molecule has 0 bridgehead atoms. The average molecular weight is 282 g/mol. The number of carbonyl (C=O) groups excluding carboxylic acids is 1. The Kier molecular flexibility index (Phi) is 4.02. The zero-order valence-corrected chi connectivity index (χ0v) is 12.1. The first-order valence-corrected chi connectivity index (χ1v) is 7.99. The number of hydrogen-bond donors (Lipinski definition) is 2. The number of piperidine rings is 1. The molecule has 1 amide bonds. The number of likely N-dealkylation sites (tertiary alicyclic amines) is 1. The normalized spacial score (nSPS) is 41.5. The molecule has 2 aliphatic heterocycles. The molecule has 2 heterocycles. The van der Waals surface area contributed by atoms with Crippen molar-refractivity contribution in [2.75, 3.05) is 19.6 Å². The molecule has 3 rings (SSSR count). The summed E-state index contributed by atoms with van der Waals surface area (Å²) in [6.45, 7) is 1.85. The summed E-state index contributed by atoms with van der Waals surface area (Å²) in [7, 11) is 0. The summed E-state index contributed by atoms with van der Waals surface area (Å²) in [5.74, 6) is 0.356. The Labute approximate surface area is 120 Å². The second kappa shape index (κ2) is 5.62. The van der Waals surface area contributed by atoms with Crippen LogP contribution in [0.3, 0.4) is 0 Å². The van der Waals surface area contributed by atoms with Crippen molar-refractivity contribution in [3.05, 3.63) is 0 Å². The molecule has 5 heteroatoms. The van der Waals surface area contributed by atoms with Gasteiger partial charge in [-0.15, -0.1) is 0 Å². The summed E-state index contributed by atoms with van der Waals surface area (Å²) in [5.41, 5.74) is 5.07. The number of amides is 1. The number of hydrogen-bond acceptors (Lipinski definition) is 4. The molecule has 1 saturated carbocycles. The van der Waals surface area contributed by atoms with Crippen LogP contribution < -0.4 is 5.73 Å². The molecule has 5 nitrogen and oxygen atoms in total. The van der Waals surface area contributed by atoms with Crippen molar-refractivity contribution in [2.24, 2.45) is 11.7 Å². The molecule has 114 valence electrons. The first-order valence-electron chi connectivity index (χ1n) is 7.99. The molecule has 0 radical (unpaired) electrons. The summed E-state index contributed by atoms with van der Waals surface area (Å²) in [5, 5.41) is 10.7. The first kappa shape index (κ1) is 14.3. The minimum atomic E-state index is -0.522. The third-order valence-electron chi connectivity index (χ3n) is 5.39. The van der Waals surface area contributed by atoms with E-state index in [1.165, 1.54) is 6.42 Å². The maximum atomic E-state index is 12.5. The van der Waals surface area contributed by atoms with Gasteiger partial charge in [0.2, 0.25) is 0 Å². The van der Waals surface area contributed by atoms with Crippen molar-refractivity contribution in [1.82, 2.24) is 4.90 Å². The molecule has 4 unspecified atom stereocenters. The summed E-state index contributed by atoms with van der Waals surface area (Å²) >= 11 is 0. The van der Waals surface area contributed by atoms with E-state index in [-0.39, 0.29) is 24.0 Å². The van der Waals surface area contributed by atoms with Gasteiger partial charge in [0.1, 0.15) is 6.10 Å². The third-order valence-corrected chi connectivity index (χ3v) is 5.39. The molecule has 2 saturated heterocycles. The highest BCUT2D eigenvalue weighted by atomic mass is 16.5. The predicted molar refractivity (Wildman–Crippen MR) is 75.1 cm³/mol. The van der Waals surface area contributed by atoms with Gasteiger partial charge in [-0.3, -0.25) is 4.79 Å². The number of carbonyl (C=O) groups is 1. The number of fused-ring (bicyclic) bond motifs is 1. The fraction of sp³-hybridized carbons (Fsp3) is 0.933. The van der Waals surface area contributed by atoms with Crippen molar-refractivity contribution in [1.29, 1.82) is 0 Å². The lowest BCUT2D eigenvalue weighted by atomic mass is 9.71. The van der Waals surface area contributed by atoms with E-state index in [1.807, 2.05) is 4.90 Å². The highest BCUT2D eigenvalue weighted by Gasteiger charge is 2.45. The number of rotatable bonds is 2. The zero-order valence-electron chi connectivity index (χ0n) is 12.1. The number of nitrogens with two attached hydrogens (primary N) is 1. The zero-order chi connectivity index (χ0) is 14.2. The Hall–Kier alpha value is -0.650. The van der Waals surface area contributed by atoms with Crippen LogP contribution in [0, 0.1) is 5.92 Å². The molecule has 20 heavy (non-hydrogen) atoms. The summed E-state index contributed by atoms with van der Waals surface area (Å²) in [6, 6.07) is 0. The second-order valence-electron chi connectivity index (χ2n) is 6.64. The van der Waals surface area contributed by atoms with E-state index in [9.17, 15) is 9.90 Å². The van der Waals surface area contributed by atoms with Crippen LogP contribution in [0.5, 0.6) is 0 Å². The van der Waals surface area contributed by atoms with Crippen LogP contribution in [0.25, 0.3) is 0 Å².